The molecule has 0 unspecified atom stereocenters. The minimum absolute atomic E-state index is 0.107. The monoisotopic (exact) mass is 337 g/mol. The molecule has 0 amide bonds. The molecule has 0 fully saturated rings. The Kier molecular flexibility index (Phi) is 4.68. The minimum Gasteiger partial charge on any atom is -0.483 e. The van der Waals surface area contributed by atoms with E-state index in [9.17, 15) is 30.3 Å². The molecule has 2 aromatic rings. The fourth-order valence-electron chi connectivity index (χ4n) is 2.02. The lowest BCUT2D eigenvalue weighted by molar-refractivity contribution is -0.394. The van der Waals surface area contributed by atoms with Crippen LogP contribution in [0.1, 0.15) is 12.7 Å². The van der Waals surface area contributed by atoms with Crippen molar-refractivity contribution in [3.8, 4) is 5.75 Å². The normalized spacial score (nSPS) is 10.4. The average Bonchev–Trinajstić information content (AvgIpc) is 2.95. The van der Waals surface area contributed by atoms with Gasteiger partial charge >= 0.3 is 5.82 Å². The van der Waals surface area contributed by atoms with Crippen molar-refractivity contribution in [1.29, 1.82) is 0 Å². The first-order valence-electron chi connectivity index (χ1n) is 6.59. The van der Waals surface area contributed by atoms with Crippen molar-refractivity contribution in [3.63, 3.8) is 0 Å². The summed E-state index contributed by atoms with van der Waals surface area (Å²) < 4.78 is 6.59. The number of nitro benzene ring substituents is 2. The van der Waals surface area contributed by atoms with Gasteiger partial charge in [-0.3, -0.25) is 20.2 Å². The van der Waals surface area contributed by atoms with E-state index in [4.69, 9.17) is 4.74 Å². The van der Waals surface area contributed by atoms with Crippen LogP contribution in [0, 0.1) is 30.3 Å². The first-order valence-corrected chi connectivity index (χ1v) is 6.59. The van der Waals surface area contributed by atoms with E-state index < -0.39 is 26.1 Å². The number of rotatable bonds is 7. The molecule has 24 heavy (non-hydrogen) atoms. The Bertz CT molecular complexity index is 784. The summed E-state index contributed by atoms with van der Waals surface area (Å²) in [5.41, 5.74) is -0.993. The van der Waals surface area contributed by atoms with Gasteiger partial charge in [0.2, 0.25) is 5.82 Å². The van der Waals surface area contributed by atoms with E-state index >= 15 is 0 Å². The molecule has 1 aromatic carbocycles. The molecule has 0 aliphatic carbocycles. The Balaban J connectivity index is 2.28. The van der Waals surface area contributed by atoms with E-state index in [1.54, 1.807) is 6.92 Å². The predicted octanol–water partition coefficient (Wildman–Crippen LogP) is 2.21. The molecule has 0 N–H and O–H groups in total. The lowest BCUT2D eigenvalue weighted by atomic mass is 10.2. The fraction of sp³-hybridized carbons (Fsp3) is 0.250. The van der Waals surface area contributed by atoms with Crippen LogP contribution in [0.4, 0.5) is 17.2 Å². The summed E-state index contributed by atoms with van der Waals surface area (Å²) >= 11 is 0. The van der Waals surface area contributed by atoms with Crippen molar-refractivity contribution in [1.82, 2.24) is 9.55 Å². The molecule has 0 radical (unpaired) electrons. The molecule has 0 atom stereocenters. The van der Waals surface area contributed by atoms with E-state index in [2.05, 4.69) is 4.98 Å². The van der Waals surface area contributed by atoms with Crippen LogP contribution in [-0.4, -0.2) is 24.3 Å². The highest BCUT2D eigenvalue weighted by atomic mass is 16.6. The zero-order chi connectivity index (χ0) is 17.9. The first kappa shape index (κ1) is 16.8. The SMILES string of the molecule is CCn1c([N+](=O)[O-])cnc1COc1cc([N+](=O)[O-])cc([N+](=O)[O-])c1. The van der Waals surface area contributed by atoms with Crippen LogP contribution in [0.15, 0.2) is 24.4 Å². The van der Waals surface area contributed by atoms with Crippen LogP contribution in [0.25, 0.3) is 0 Å². The lowest BCUT2D eigenvalue weighted by Gasteiger charge is -2.05. The van der Waals surface area contributed by atoms with Crippen molar-refractivity contribution in [3.05, 3.63) is 60.6 Å². The number of hydrogen-bond acceptors (Lipinski definition) is 8. The van der Waals surface area contributed by atoms with Gasteiger partial charge < -0.3 is 14.9 Å². The maximum atomic E-state index is 10.9. The number of nitro groups is 3. The molecule has 12 nitrogen and oxygen atoms in total. The summed E-state index contributed by atoms with van der Waals surface area (Å²) in [4.78, 5) is 34.2. The molecule has 0 aliphatic rings. The van der Waals surface area contributed by atoms with E-state index in [1.165, 1.54) is 4.57 Å². The smallest absolute Gasteiger partial charge is 0.342 e. The summed E-state index contributed by atoms with van der Waals surface area (Å²) in [6.07, 6.45) is 1.07. The van der Waals surface area contributed by atoms with Gasteiger partial charge in [0.05, 0.1) is 34.6 Å². The van der Waals surface area contributed by atoms with Gasteiger partial charge in [0.15, 0.2) is 6.61 Å². The second-order valence-corrected chi connectivity index (χ2v) is 4.52. The quantitative estimate of drug-likeness (QED) is 0.549. The van der Waals surface area contributed by atoms with Crippen molar-refractivity contribution in [2.24, 2.45) is 0 Å². The van der Waals surface area contributed by atoms with Crippen LogP contribution < -0.4 is 4.74 Å². The molecule has 0 bridgehead atoms. The largest absolute Gasteiger partial charge is 0.483 e. The summed E-state index contributed by atoms with van der Waals surface area (Å²) in [6, 6.07) is 2.87. The molecular weight excluding hydrogens is 326 g/mol. The molecular formula is C12H11N5O7. The van der Waals surface area contributed by atoms with Crippen LogP contribution in [-0.2, 0) is 13.2 Å². The third-order valence-corrected chi connectivity index (χ3v) is 3.09. The third kappa shape index (κ3) is 3.43. The van der Waals surface area contributed by atoms with E-state index in [1.807, 2.05) is 0 Å². The number of imidazole rings is 1. The Hall–Kier alpha value is -3.57. The zero-order valence-electron chi connectivity index (χ0n) is 12.3. The van der Waals surface area contributed by atoms with Gasteiger partial charge in [0, 0.05) is 0 Å². The van der Waals surface area contributed by atoms with Crippen molar-refractivity contribution in [2.75, 3.05) is 0 Å². The Morgan fingerprint density at radius 2 is 1.62 bits per heavy atom. The molecule has 1 heterocycles. The summed E-state index contributed by atoms with van der Waals surface area (Å²) in [5, 5.41) is 32.5. The maximum Gasteiger partial charge on any atom is 0.342 e. The number of aromatic nitrogens is 2. The van der Waals surface area contributed by atoms with Gasteiger partial charge in [0.1, 0.15) is 11.9 Å². The second kappa shape index (κ2) is 6.68. The average molecular weight is 337 g/mol. The van der Waals surface area contributed by atoms with Gasteiger partial charge in [-0.2, -0.15) is 0 Å². The van der Waals surface area contributed by atoms with Gasteiger partial charge in [0.25, 0.3) is 11.4 Å². The molecule has 0 aliphatic heterocycles. The maximum absolute atomic E-state index is 10.9. The molecule has 0 spiro atoms. The number of hydrogen-bond donors (Lipinski definition) is 0. The number of benzene rings is 1. The molecule has 0 saturated heterocycles. The van der Waals surface area contributed by atoms with Gasteiger partial charge in [-0.05, 0) is 11.8 Å². The summed E-state index contributed by atoms with van der Waals surface area (Å²) in [7, 11) is 0. The zero-order valence-corrected chi connectivity index (χ0v) is 12.3. The predicted molar refractivity (Wildman–Crippen MR) is 78.6 cm³/mol. The lowest BCUT2D eigenvalue weighted by Crippen LogP contribution is -2.08. The van der Waals surface area contributed by atoms with Gasteiger partial charge in [-0.15, -0.1) is 0 Å². The number of ether oxygens (including phenoxy) is 1. The summed E-state index contributed by atoms with van der Waals surface area (Å²) in [5.74, 6) is -0.108. The molecule has 2 rings (SSSR count). The minimum atomic E-state index is -0.780. The Labute approximate surface area is 133 Å². The fourth-order valence-corrected chi connectivity index (χ4v) is 2.02. The topological polar surface area (TPSA) is 156 Å². The van der Waals surface area contributed by atoms with Crippen LogP contribution in [0.5, 0.6) is 5.75 Å². The second-order valence-electron chi connectivity index (χ2n) is 4.52. The molecule has 1 aromatic heterocycles. The van der Waals surface area contributed by atoms with Gasteiger partial charge in [-0.25, -0.2) is 9.55 Å². The van der Waals surface area contributed by atoms with Gasteiger partial charge in [-0.1, -0.05) is 0 Å². The van der Waals surface area contributed by atoms with Crippen LogP contribution >= 0.6 is 0 Å². The van der Waals surface area contributed by atoms with Crippen LogP contribution in [0.3, 0.4) is 0 Å². The molecule has 0 saturated carbocycles. The summed E-state index contributed by atoms with van der Waals surface area (Å²) in [6.45, 7) is 1.71. The number of non-ortho nitro benzene ring substituents is 2. The highest BCUT2D eigenvalue weighted by molar-refractivity contribution is 5.49. The highest BCUT2D eigenvalue weighted by Crippen LogP contribution is 2.28. The van der Waals surface area contributed by atoms with Crippen molar-refractivity contribution in [2.45, 2.75) is 20.1 Å². The van der Waals surface area contributed by atoms with Crippen molar-refractivity contribution < 1.29 is 19.5 Å². The molecule has 126 valence electrons. The first-order chi connectivity index (χ1) is 11.3. The Morgan fingerprint density at radius 1 is 1.04 bits per heavy atom. The highest BCUT2D eigenvalue weighted by Gasteiger charge is 2.21. The van der Waals surface area contributed by atoms with E-state index in [0.29, 0.717) is 0 Å². The van der Waals surface area contributed by atoms with Crippen LogP contribution in [0.2, 0.25) is 0 Å². The van der Waals surface area contributed by atoms with Crippen molar-refractivity contribution >= 4 is 17.2 Å². The van der Waals surface area contributed by atoms with E-state index in [-0.39, 0.29) is 30.5 Å². The third-order valence-electron chi connectivity index (χ3n) is 3.09. The molecule has 12 heteroatoms. The number of nitrogens with zero attached hydrogens (tertiary/aromatic N) is 5. The van der Waals surface area contributed by atoms with E-state index in [0.717, 1.165) is 24.4 Å². The Morgan fingerprint density at radius 3 is 2.08 bits per heavy atom. The standard InChI is InChI=1S/C12H11N5O7/c1-2-14-11(13-6-12(14)17(22)23)7-24-10-4-8(15(18)19)3-9(5-10)16(20)21/h3-6H,2,7H2,1H3.